The van der Waals surface area contributed by atoms with E-state index in [1.165, 1.54) is 98.9 Å². The predicted molar refractivity (Wildman–Crippen MR) is 214 cm³/mol. The van der Waals surface area contributed by atoms with E-state index in [0.717, 1.165) is 53.1 Å². The van der Waals surface area contributed by atoms with Gasteiger partial charge in [-0.05, 0) is 102 Å². The summed E-state index contributed by atoms with van der Waals surface area (Å²) >= 11 is 0. The van der Waals surface area contributed by atoms with Crippen LogP contribution in [-0.4, -0.2) is 11.0 Å². The lowest BCUT2D eigenvalue weighted by Gasteiger charge is -2.14. The molecular formula is C47H59NO3. The number of benzene rings is 4. The molecule has 1 aromatic heterocycles. The van der Waals surface area contributed by atoms with E-state index in [4.69, 9.17) is 14.1 Å². The second kappa shape index (κ2) is 18.0. The molecule has 1 aliphatic rings. The third-order valence-electron chi connectivity index (χ3n) is 11.3. The Balaban J connectivity index is 1.25. The minimum absolute atomic E-state index is 0.180. The summed E-state index contributed by atoms with van der Waals surface area (Å²) in [6.07, 6.45) is 22.4. The van der Waals surface area contributed by atoms with Gasteiger partial charge in [0.15, 0.2) is 5.58 Å². The number of aryl methyl sites for hydroxylation is 2. The molecule has 0 saturated heterocycles. The Morgan fingerprint density at radius 3 is 1.98 bits per heavy atom. The van der Waals surface area contributed by atoms with E-state index in [-0.39, 0.29) is 5.97 Å². The first-order chi connectivity index (χ1) is 25.0. The number of carbonyl (C=O) groups is 1. The summed E-state index contributed by atoms with van der Waals surface area (Å²) in [5, 5.41) is 4.78. The van der Waals surface area contributed by atoms with Gasteiger partial charge in [0.2, 0.25) is 5.89 Å². The number of nitrogens with zero attached hydrogens (tertiary/aromatic N) is 1. The summed E-state index contributed by atoms with van der Waals surface area (Å²) in [6, 6.07) is 21.5. The zero-order valence-electron chi connectivity index (χ0n) is 31.5. The number of hydrogen-bond donors (Lipinski definition) is 0. The van der Waals surface area contributed by atoms with Crippen LogP contribution < -0.4 is 4.74 Å². The van der Waals surface area contributed by atoms with Crippen molar-refractivity contribution in [3.05, 3.63) is 84.4 Å². The quantitative estimate of drug-likeness (QED) is 0.0285. The highest BCUT2D eigenvalue weighted by Crippen LogP contribution is 2.40. The van der Waals surface area contributed by atoms with E-state index in [1.54, 1.807) is 0 Å². The molecule has 6 rings (SSSR count). The van der Waals surface area contributed by atoms with Crippen molar-refractivity contribution in [3.8, 4) is 17.2 Å². The fourth-order valence-electron chi connectivity index (χ4n) is 8.39. The minimum atomic E-state index is -0.180. The van der Waals surface area contributed by atoms with E-state index in [2.05, 4.69) is 63.7 Å². The van der Waals surface area contributed by atoms with Gasteiger partial charge in [-0.3, -0.25) is 4.79 Å². The van der Waals surface area contributed by atoms with Gasteiger partial charge >= 0.3 is 5.97 Å². The molecule has 0 amide bonds. The normalized spacial score (nSPS) is 17.5. The maximum absolute atomic E-state index is 12.8. The van der Waals surface area contributed by atoms with Crippen LogP contribution in [0.5, 0.6) is 5.75 Å². The smallest absolute Gasteiger partial charge is 0.311 e. The fraction of sp³-hybridized carbons (Fsp3) is 0.489. The Morgan fingerprint density at radius 1 is 0.765 bits per heavy atom. The van der Waals surface area contributed by atoms with Crippen LogP contribution in [-0.2, 0) is 17.6 Å². The van der Waals surface area contributed by atoms with Crippen LogP contribution in [0.1, 0.15) is 128 Å². The molecule has 1 fully saturated rings. The summed E-state index contributed by atoms with van der Waals surface area (Å²) < 4.78 is 12.4. The van der Waals surface area contributed by atoms with Crippen LogP contribution in [0.2, 0.25) is 0 Å². The van der Waals surface area contributed by atoms with E-state index >= 15 is 0 Å². The van der Waals surface area contributed by atoms with Crippen LogP contribution in [0.3, 0.4) is 0 Å². The second-order valence-electron chi connectivity index (χ2n) is 15.4. The van der Waals surface area contributed by atoms with Crippen molar-refractivity contribution in [2.24, 2.45) is 17.8 Å². The number of rotatable bonds is 19. The van der Waals surface area contributed by atoms with Gasteiger partial charge in [-0.15, -0.1) is 6.58 Å². The van der Waals surface area contributed by atoms with Gasteiger partial charge in [0.05, 0.1) is 0 Å². The lowest BCUT2D eigenvalue weighted by Crippen LogP contribution is -2.16. The van der Waals surface area contributed by atoms with Crippen molar-refractivity contribution in [2.75, 3.05) is 0 Å². The zero-order valence-corrected chi connectivity index (χ0v) is 31.5. The fourth-order valence-corrected chi connectivity index (χ4v) is 8.39. The summed E-state index contributed by atoms with van der Waals surface area (Å²) in [5.74, 6) is 2.27. The van der Waals surface area contributed by atoms with Crippen LogP contribution >= 0.6 is 0 Å². The van der Waals surface area contributed by atoms with Crippen molar-refractivity contribution >= 4 is 38.6 Å². The summed E-state index contributed by atoms with van der Waals surface area (Å²) in [5.41, 5.74) is 5.40. The van der Waals surface area contributed by atoms with Crippen molar-refractivity contribution in [1.82, 2.24) is 4.98 Å². The number of aromatic nitrogens is 1. The molecule has 1 saturated carbocycles. The monoisotopic (exact) mass is 685 g/mol. The first kappa shape index (κ1) is 36.9. The molecule has 0 aliphatic heterocycles. The Kier molecular flexibility index (Phi) is 13.0. The summed E-state index contributed by atoms with van der Waals surface area (Å²) in [7, 11) is 0. The van der Waals surface area contributed by atoms with Crippen molar-refractivity contribution in [2.45, 2.75) is 130 Å². The number of allylic oxidation sites excluding steroid dienone is 1. The number of esters is 1. The number of ether oxygens (including phenoxy) is 1. The Hall–Kier alpha value is -3.92. The highest BCUT2D eigenvalue weighted by atomic mass is 16.5. The first-order valence-corrected chi connectivity index (χ1v) is 20.2. The molecule has 0 N–H and O–H groups in total. The topological polar surface area (TPSA) is 52.3 Å². The van der Waals surface area contributed by atoms with E-state index < -0.39 is 0 Å². The van der Waals surface area contributed by atoms with Crippen molar-refractivity contribution < 1.29 is 13.9 Å². The number of fused-ring (bicyclic) bond motifs is 6. The molecule has 1 aliphatic carbocycles. The predicted octanol–water partition coefficient (Wildman–Crippen LogP) is 13.8. The average Bonchev–Trinajstić information content (AvgIpc) is 3.75. The standard InChI is InChI=1S/C47H59NO3/c1-5-8-10-12-14-16-18-34-20-26-40-42(30-34)43-31-35(19-17-15-13-11-9-6-2)21-27-41(43)46-45(40)48-47(51-46)37-22-24-39(25-23-37)50-44(49)32-38-29-33(4)28-36(38)7-3/h7,20-27,30-31,33,36,38H,3,5-6,8-19,28-29,32H2,1-2,4H3. The third kappa shape index (κ3) is 9.31. The van der Waals surface area contributed by atoms with Crippen LogP contribution in [0.25, 0.3) is 44.1 Å². The average molecular weight is 686 g/mol. The van der Waals surface area contributed by atoms with E-state index in [0.29, 0.717) is 35.8 Å². The lowest BCUT2D eigenvalue weighted by atomic mass is 9.93. The number of oxazole rings is 1. The van der Waals surface area contributed by atoms with Gasteiger partial charge in [0.1, 0.15) is 11.3 Å². The molecule has 51 heavy (non-hydrogen) atoms. The molecule has 0 bridgehead atoms. The second-order valence-corrected chi connectivity index (χ2v) is 15.4. The van der Waals surface area contributed by atoms with E-state index in [9.17, 15) is 4.79 Å². The van der Waals surface area contributed by atoms with Crippen LogP contribution in [0.15, 0.2) is 77.7 Å². The van der Waals surface area contributed by atoms with Crippen molar-refractivity contribution in [1.29, 1.82) is 0 Å². The largest absolute Gasteiger partial charge is 0.435 e. The van der Waals surface area contributed by atoms with Gasteiger partial charge < -0.3 is 9.15 Å². The number of unbranched alkanes of at least 4 members (excludes halogenated alkanes) is 10. The molecule has 4 aromatic carbocycles. The highest BCUT2D eigenvalue weighted by molar-refractivity contribution is 6.23. The zero-order chi connectivity index (χ0) is 35.6. The summed E-state index contributed by atoms with van der Waals surface area (Å²) in [6.45, 7) is 10.8. The van der Waals surface area contributed by atoms with Gasteiger partial charge in [-0.1, -0.05) is 127 Å². The molecule has 3 unspecified atom stereocenters. The molecule has 3 atom stereocenters. The van der Waals surface area contributed by atoms with Gasteiger partial charge in [-0.25, -0.2) is 4.98 Å². The first-order valence-electron chi connectivity index (χ1n) is 20.2. The number of hydrogen-bond acceptors (Lipinski definition) is 4. The van der Waals surface area contributed by atoms with E-state index in [1.807, 2.05) is 30.3 Å². The third-order valence-corrected chi connectivity index (χ3v) is 11.3. The Morgan fingerprint density at radius 2 is 1.35 bits per heavy atom. The Bertz CT molecular complexity index is 1810. The van der Waals surface area contributed by atoms with Crippen LogP contribution in [0.4, 0.5) is 0 Å². The molecule has 270 valence electrons. The van der Waals surface area contributed by atoms with Gasteiger partial charge in [-0.2, -0.15) is 0 Å². The molecule has 4 nitrogen and oxygen atoms in total. The van der Waals surface area contributed by atoms with Crippen LogP contribution in [0, 0.1) is 17.8 Å². The SMILES string of the molecule is C=CC1CC(C)CC1CC(=O)Oc1ccc(-c2nc3c4ccc(CCCCCCCC)cc4c4cc(CCCCCCCC)ccc4c3o2)cc1. The highest BCUT2D eigenvalue weighted by Gasteiger charge is 2.32. The molecule has 4 heteroatoms. The molecule has 0 spiro atoms. The summed E-state index contributed by atoms with van der Waals surface area (Å²) in [4.78, 5) is 17.9. The Labute approximate surface area is 306 Å². The molecule has 5 aromatic rings. The molecular weight excluding hydrogens is 627 g/mol. The maximum atomic E-state index is 12.8. The number of carbonyl (C=O) groups excluding carboxylic acids is 1. The van der Waals surface area contributed by atoms with Gasteiger partial charge in [0.25, 0.3) is 0 Å². The lowest BCUT2D eigenvalue weighted by molar-refractivity contribution is -0.135. The van der Waals surface area contributed by atoms with Gasteiger partial charge in [0, 0.05) is 22.8 Å². The molecule has 1 heterocycles. The maximum Gasteiger partial charge on any atom is 0.311 e. The molecule has 0 radical (unpaired) electrons. The minimum Gasteiger partial charge on any atom is -0.435 e. The van der Waals surface area contributed by atoms with Crippen molar-refractivity contribution in [3.63, 3.8) is 0 Å².